The molecule has 6 heteroatoms. The molecule has 5 nitrogen and oxygen atoms in total. The highest BCUT2D eigenvalue weighted by molar-refractivity contribution is 5.94. The summed E-state index contributed by atoms with van der Waals surface area (Å²) in [5.74, 6) is 1.06. The Kier molecular flexibility index (Phi) is 6.71. The summed E-state index contributed by atoms with van der Waals surface area (Å²) in [6, 6.07) is 22.4. The lowest BCUT2D eigenvalue weighted by atomic mass is 10.1. The molecule has 1 heterocycles. The summed E-state index contributed by atoms with van der Waals surface area (Å²) < 4.78 is 20.6. The molecule has 1 N–H and O–H groups in total. The Morgan fingerprint density at radius 2 is 1.81 bits per heavy atom. The molecule has 1 aliphatic rings. The van der Waals surface area contributed by atoms with Crippen LogP contribution in [-0.2, 0) is 11.2 Å². The largest absolute Gasteiger partial charge is 0.457 e. The quantitative estimate of drug-likeness (QED) is 0.591. The molecule has 4 rings (SSSR count). The van der Waals surface area contributed by atoms with Crippen LogP contribution in [0.4, 0.5) is 15.8 Å². The van der Waals surface area contributed by atoms with Crippen molar-refractivity contribution in [2.24, 2.45) is 0 Å². The van der Waals surface area contributed by atoms with Gasteiger partial charge in [-0.05, 0) is 61.5 Å². The summed E-state index contributed by atoms with van der Waals surface area (Å²) in [6.45, 7) is 1.60. The molecule has 1 fully saturated rings. The first-order chi connectivity index (χ1) is 15.5. The Balaban J connectivity index is 1.37. The number of para-hydroxylation sites is 1. The van der Waals surface area contributed by atoms with Crippen molar-refractivity contribution < 1.29 is 13.9 Å². The van der Waals surface area contributed by atoms with Crippen LogP contribution >= 0.6 is 0 Å². The van der Waals surface area contributed by atoms with E-state index in [1.54, 1.807) is 19.2 Å². The number of carbonyl (C=O) groups is 1. The van der Waals surface area contributed by atoms with Crippen LogP contribution in [0.25, 0.3) is 0 Å². The second-order valence-electron chi connectivity index (χ2n) is 8.04. The lowest BCUT2D eigenvalue weighted by Crippen LogP contribution is -2.30. The van der Waals surface area contributed by atoms with Crippen molar-refractivity contribution >= 4 is 17.3 Å². The third-order valence-electron chi connectivity index (χ3n) is 5.89. The number of likely N-dealkylation sites (N-methyl/N-ethyl adjacent to an activating group) is 2. The maximum Gasteiger partial charge on any atom is 0.231 e. The van der Waals surface area contributed by atoms with E-state index < -0.39 is 0 Å². The molecule has 1 amide bonds. The monoisotopic (exact) mass is 433 g/mol. The first-order valence-electron chi connectivity index (χ1n) is 10.8. The third kappa shape index (κ3) is 5.08. The van der Waals surface area contributed by atoms with Crippen LogP contribution in [0.1, 0.15) is 12.0 Å². The number of amides is 1. The van der Waals surface area contributed by atoms with Crippen molar-refractivity contribution in [2.45, 2.75) is 18.9 Å². The number of nitrogens with zero attached hydrogens (tertiary/aromatic N) is 2. The summed E-state index contributed by atoms with van der Waals surface area (Å²) in [7, 11) is 3.61. The second kappa shape index (κ2) is 9.83. The second-order valence-corrected chi connectivity index (χ2v) is 8.04. The fraction of sp³-hybridized carbons (Fsp3) is 0.269. The Morgan fingerprint density at radius 3 is 2.47 bits per heavy atom. The molecule has 0 spiro atoms. The summed E-state index contributed by atoms with van der Waals surface area (Å²) in [5.41, 5.74) is 2.00. The van der Waals surface area contributed by atoms with E-state index >= 15 is 0 Å². The van der Waals surface area contributed by atoms with Gasteiger partial charge in [0, 0.05) is 31.9 Å². The average molecular weight is 434 g/mol. The average Bonchev–Trinajstić information content (AvgIpc) is 3.29. The number of hydrogen-bond donors (Lipinski definition) is 1. The number of nitrogens with one attached hydrogen (secondary N) is 1. The highest BCUT2D eigenvalue weighted by atomic mass is 19.1. The molecular weight excluding hydrogens is 405 g/mol. The van der Waals surface area contributed by atoms with E-state index in [9.17, 15) is 9.18 Å². The number of hydrogen-bond acceptors (Lipinski definition) is 4. The maximum atomic E-state index is 14.8. The zero-order valence-corrected chi connectivity index (χ0v) is 18.4. The zero-order chi connectivity index (χ0) is 22.5. The van der Waals surface area contributed by atoms with E-state index in [1.165, 1.54) is 11.0 Å². The van der Waals surface area contributed by atoms with Crippen LogP contribution in [0, 0.1) is 5.82 Å². The number of rotatable bonds is 7. The Hall–Kier alpha value is -3.38. The molecule has 32 heavy (non-hydrogen) atoms. The van der Waals surface area contributed by atoms with Crippen LogP contribution in [0.15, 0.2) is 72.8 Å². The van der Waals surface area contributed by atoms with Gasteiger partial charge >= 0.3 is 0 Å². The number of benzene rings is 3. The lowest BCUT2D eigenvalue weighted by molar-refractivity contribution is -0.117. The Labute approximate surface area is 188 Å². The molecule has 1 saturated heterocycles. The minimum absolute atomic E-state index is 0.106. The van der Waals surface area contributed by atoms with Gasteiger partial charge in [0.05, 0.1) is 12.1 Å². The van der Waals surface area contributed by atoms with Gasteiger partial charge in [-0.3, -0.25) is 4.79 Å². The van der Waals surface area contributed by atoms with Crippen molar-refractivity contribution in [1.29, 1.82) is 0 Å². The number of halogens is 1. The normalized spacial score (nSPS) is 15.6. The molecule has 0 bridgehead atoms. The van der Waals surface area contributed by atoms with Crippen molar-refractivity contribution in [3.05, 3.63) is 84.2 Å². The minimum Gasteiger partial charge on any atom is -0.457 e. The first-order valence-corrected chi connectivity index (χ1v) is 10.8. The van der Waals surface area contributed by atoms with E-state index in [1.807, 2.05) is 66.5 Å². The maximum absolute atomic E-state index is 14.8. The van der Waals surface area contributed by atoms with E-state index in [4.69, 9.17) is 4.74 Å². The van der Waals surface area contributed by atoms with Gasteiger partial charge in [-0.15, -0.1) is 0 Å². The fourth-order valence-electron chi connectivity index (χ4n) is 3.91. The third-order valence-corrected chi connectivity index (χ3v) is 5.89. The van der Waals surface area contributed by atoms with Gasteiger partial charge in [0.2, 0.25) is 5.91 Å². The molecule has 1 atom stereocenters. The molecule has 0 aromatic heterocycles. The summed E-state index contributed by atoms with van der Waals surface area (Å²) in [5, 5.41) is 3.24. The summed E-state index contributed by atoms with van der Waals surface area (Å²) >= 11 is 0. The van der Waals surface area contributed by atoms with E-state index in [2.05, 4.69) is 5.32 Å². The number of carbonyl (C=O) groups excluding carboxylic acids is 1. The minimum atomic E-state index is -0.304. The van der Waals surface area contributed by atoms with Crippen molar-refractivity contribution in [3.63, 3.8) is 0 Å². The summed E-state index contributed by atoms with van der Waals surface area (Å²) in [4.78, 5) is 16.3. The Morgan fingerprint density at radius 1 is 1.09 bits per heavy atom. The topological polar surface area (TPSA) is 44.8 Å². The summed E-state index contributed by atoms with van der Waals surface area (Å²) in [6.07, 6.45) is 1.22. The molecule has 0 saturated carbocycles. The molecule has 3 aromatic rings. The van der Waals surface area contributed by atoms with E-state index in [0.29, 0.717) is 23.2 Å². The first kappa shape index (κ1) is 21.8. The SMILES string of the molecule is CNC1CCN(c2ccc(N(C)C(=O)Cc3ccc(Oc4ccccc4)cc3)cc2F)C1. The number of anilines is 2. The molecule has 0 aliphatic carbocycles. The van der Waals surface area contributed by atoms with Crippen LogP contribution in [0.3, 0.4) is 0 Å². The van der Waals surface area contributed by atoms with E-state index in [-0.39, 0.29) is 18.1 Å². The van der Waals surface area contributed by atoms with Gasteiger partial charge in [0.15, 0.2) is 0 Å². The van der Waals surface area contributed by atoms with E-state index in [0.717, 1.165) is 30.8 Å². The highest BCUT2D eigenvalue weighted by Crippen LogP contribution is 2.28. The van der Waals surface area contributed by atoms with Crippen LogP contribution in [0.5, 0.6) is 11.5 Å². The smallest absolute Gasteiger partial charge is 0.231 e. The van der Waals surface area contributed by atoms with Gasteiger partial charge < -0.3 is 19.9 Å². The van der Waals surface area contributed by atoms with Crippen molar-refractivity contribution in [1.82, 2.24) is 5.32 Å². The molecule has 3 aromatic carbocycles. The molecule has 1 aliphatic heterocycles. The Bertz CT molecular complexity index is 1060. The molecular formula is C26H28FN3O2. The molecule has 166 valence electrons. The molecule has 0 radical (unpaired) electrons. The van der Waals surface area contributed by atoms with Gasteiger partial charge in [0.25, 0.3) is 0 Å². The van der Waals surface area contributed by atoms with Gasteiger partial charge in [-0.25, -0.2) is 4.39 Å². The van der Waals surface area contributed by atoms with Crippen LogP contribution in [0.2, 0.25) is 0 Å². The number of ether oxygens (including phenoxy) is 1. The van der Waals surface area contributed by atoms with Crippen LogP contribution in [-0.4, -0.2) is 39.1 Å². The highest BCUT2D eigenvalue weighted by Gasteiger charge is 2.24. The predicted molar refractivity (Wildman–Crippen MR) is 126 cm³/mol. The van der Waals surface area contributed by atoms with Crippen molar-refractivity contribution in [2.75, 3.05) is 37.0 Å². The van der Waals surface area contributed by atoms with Gasteiger partial charge in [-0.1, -0.05) is 30.3 Å². The molecule has 1 unspecified atom stereocenters. The van der Waals surface area contributed by atoms with Gasteiger partial charge in [-0.2, -0.15) is 0 Å². The zero-order valence-electron chi connectivity index (χ0n) is 18.4. The lowest BCUT2D eigenvalue weighted by Gasteiger charge is -2.22. The van der Waals surface area contributed by atoms with Crippen molar-refractivity contribution in [3.8, 4) is 11.5 Å². The van der Waals surface area contributed by atoms with Crippen LogP contribution < -0.4 is 19.9 Å². The van der Waals surface area contributed by atoms with Gasteiger partial charge in [0.1, 0.15) is 17.3 Å². The predicted octanol–water partition coefficient (Wildman–Crippen LogP) is 4.62. The standard InChI is InChI=1S/C26H28FN3O2/c1-28-20-14-15-30(18-20)25-13-10-21(17-24(25)27)29(2)26(31)16-19-8-11-23(12-9-19)32-22-6-4-3-5-7-22/h3-13,17,20,28H,14-16,18H2,1-2H3. The fourth-order valence-corrected chi connectivity index (χ4v) is 3.91.